The van der Waals surface area contributed by atoms with Gasteiger partial charge in [-0.1, -0.05) is 81.0 Å². The highest BCUT2D eigenvalue weighted by Crippen LogP contribution is 2.40. The van der Waals surface area contributed by atoms with Gasteiger partial charge >= 0.3 is 0 Å². The van der Waals surface area contributed by atoms with Gasteiger partial charge in [0.1, 0.15) is 0 Å². The van der Waals surface area contributed by atoms with E-state index in [1.54, 1.807) is 0 Å². The molecule has 5 nitrogen and oxygen atoms in total. The van der Waals surface area contributed by atoms with Crippen molar-refractivity contribution in [2.45, 2.75) is 93.1 Å². The molecule has 0 N–H and O–H groups in total. The van der Waals surface area contributed by atoms with Gasteiger partial charge in [0.05, 0.1) is 24.7 Å². The first-order chi connectivity index (χ1) is 17.1. The summed E-state index contributed by atoms with van der Waals surface area (Å²) in [5, 5.41) is 0. The van der Waals surface area contributed by atoms with E-state index in [0.29, 0.717) is 30.4 Å². The predicted molar refractivity (Wildman–Crippen MR) is 136 cm³/mol. The van der Waals surface area contributed by atoms with Crippen LogP contribution in [0.3, 0.4) is 0 Å². The van der Waals surface area contributed by atoms with E-state index in [2.05, 4.69) is 12.1 Å². The van der Waals surface area contributed by atoms with Gasteiger partial charge in [-0.3, -0.25) is 4.18 Å². The minimum Gasteiger partial charge on any atom is -0.343 e. The molecule has 1 saturated heterocycles. The van der Waals surface area contributed by atoms with Crippen LogP contribution in [-0.2, 0) is 29.6 Å². The molecule has 0 bridgehead atoms. The van der Waals surface area contributed by atoms with E-state index in [1.165, 1.54) is 25.7 Å². The van der Waals surface area contributed by atoms with Gasteiger partial charge in [0, 0.05) is 12.0 Å². The first-order valence-electron chi connectivity index (χ1n) is 13.4. The van der Waals surface area contributed by atoms with Crippen molar-refractivity contribution in [1.82, 2.24) is 0 Å². The number of benzene rings is 2. The molecule has 3 aliphatic rings. The third kappa shape index (κ3) is 5.66. The first-order valence-corrected chi connectivity index (χ1v) is 14.8. The Morgan fingerprint density at radius 2 is 1.43 bits per heavy atom. The Bertz CT molecular complexity index is 1060. The molecule has 2 aliphatic carbocycles. The summed E-state index contributed by atoms with van der Waals surface area (Å²) >= 11 is 0. The van der Waals surface area contributed by atoms with E-state index < -0.39 is 15.9 Å². The van der Waals surface area contributed by atoms with Gasteiger partial charge in [0.2, 0.25) is 0 Å². The van der Waals surface area contributed by atoms with Crippen LogP contribution in [0.15, 0.2) is 53.4 Å². The Hall–Kier alpha value is -1.73. The van der Waals surface area contributed by atoms with Gasteiger partial charge in [-0.15, -0.1) is 0 Å². The van der Waals surface area contributed by atoms with Crippen LogP contribution in [0.2, 0.25) is 0 Å². The standard InChI is InChI=1S/C29H38O5S/c30-35(31,34-19-18-29(32-20-21-33-29)26-14-8-3-9-15-26)28-22-25(23-10-4-1-5-11-23)16-17-27(28)24-12-6-2-7-13-24/h3,8-9,14-17,22-24H,1-2,4-7,10-13,18-21H2. The second-order valence-electron chi connectivity index (χ2n) is 10.3. The maximum Gasteiger partial charge on any atom is 0.297 e. The molecule has 3 fully saturated rings. The maximum absolute atomic E-state index is 13.6. The van der Waals surface area contributed by atoms with Crippen LogP contribution in [0.25, 0.3) is 0 Å². The quantitative estimate of drug-likeness (QED) is 0.376. The molecule has 35 heavy (non-hydrogen) atoms. The van der Waals surface area contributed by atoms with Crippen LogP contribution in [0, 0.1) is 0 Å². The molecule has 2 aromatic rings. The Morgan fingerprint density at radius 1 is 0.800 bits per heavy atom. The molecule has 6 heteroatoms. The molecule has 0 unspecified atom stereocenters. The molecule has 0 atom stereocenters. The van der Waals surface area contributed by atoms with E-state index in [1.807, 2.05) is 36.4 Å². The highest BCUT2D eigenvalue weighted by atomic mass is 32.2. The smallest absolute Gasteiger partial charge is 0.297 e. The lowest BCUT2D eigenvalue weighted by molar-refractivity contribution is -0.174. The topological polar surface area (TPSA) is 61.8 Å². The van der Waals surface area contributed by atoms with E-state index in [-0.39, 0.29) is 12.5 Å². The van der Waals surface area contributed by atoms with Crippen LogP contribution in [0.4, 0.5) is 0 Å². The minimum atomic E-state index is -3.91. The number of ether oxygens (including phenoxy) is 2. The SMILES string of the molecule is O=S(=O)(OCCC1(c2ccccc2)OCCO1)c1cc(C2CCCCC2)ccc1C1CCCCC1. The zero-order chi connectivity index (χ0) is 24.1. The van der Waals surface area contributed by atoms with Crippen LogP contribution < -0.4 is 0 Å². The molecule has 0 amide bonds. The van der Waals surface area contributed by atoms with Crippen molar-refractivity contribution < 1.29 is 22.1 Å². The van der Waals surface area contributed by atoms with Gasteiger partial charge in [0.15, 0.2) is 5.79 Å². The molecular weight excluding hydrogens is 460 g/mol. The monoisotopic (exact) mass is 498 g/mol. The number of hydrogen-bond donors (Lipinski definition) is 0. The second-order valence-corrected chi connectivity index (χ2v) is 11.9. The van der Waals surface area contributed by atoms with Crippen molar-refractivity contribution in [3.05, 3.63) is 65.2 Å². The summed E-state index contributed by atoms with van der Waals surface area (Å²) in [7, 11) is -3.91. The molecular formula is C29H38O5S. The largest absolute Gasteiger partial charge is 0.343 e. The summed E-state index contributed by atoms with van der Waals surface area (Å²) in [6.45, 7) is 0.975. The minimum absolute atomic E-state index is 0.00892. The van der Waals surface area contributed by atoms with Crippen molar-refractivity contribution in [2.75, 3.05) is 19.8 Å². The molecule has 0 aromatic heterocycles. The maximum atomic E-state index is 13.6. The molecule has 2 aromatic carbocycles. The molecule has 5 rings (SSSR count). The molecule has 1 heterocycles. The lowest BCUT2D eigenvalue weighted by Gasteiger charge is -2.28. The fraction of sp³-hybridized carbons (Fsp3) is 0.586. The lowest BCUT2D eigenvalue weighted by atomic mass is 9.81. The molecule has 190 valence electrons. The predicted octanol–water partition coefficient (Wildman–Crippen LogP) is 6.78. The fourth-order valence-corrected chi connectivity index (χ4v) is 7.39. The number of rotatable bonds is 8. The fourth-order valence-electron chi connectivity index (χ4n) is 6.16. The second kappa shape index (κ2) is 11.1. The van der Waals surface area contributed by atoms with Gasteiger partial charge in [-0.2, -0.15) is 8.42 Å². The van der Waals surface area contributed by atoms with Gasteiger partial charge in [-0.05, 0) is 54.7 Å². The van der Waals surface area contributed by atoms with E-state index >= 15 is 0 Å². The van der Waals surface area contributed by atoms with E-state index in [4.69, 9.17) is 13.7 Å². The lowest BCUT2D eigenvalue weighted by Crippen LogP contribution is -2.29. The normalized spacial score (nSPS) is 21.8. The van der Waals surface area contributed by atoms with Crippen LogP contribution in [-0.4, -0.2) is 28.2 Å². The molecule has 0 spiro atoms. The van der Waals surface area contributed by atoms with Crippen LogP contribution in [0.1, 0.15) is 99.2 Å². The van der Waals surface area contributed by atoms with Crippen molar-refractivity contribution in [3.8, 4) is 0 Å². The first kappa shape index (κ1) is 24.9. The number of hydrogen-bond acceptors (Lipinski definition) is 5. The molecule has 1 aliphatic heterocycles. The van der Waals surface area contributed by atoms with Gasteiger partial charge in [0.25, 0.3) is 10.1 Å². The van der Waals surface area contributed by atoms with Crippen molar-refractivity contribution in [1.29, 1.82) is 0 Å². The summed E-state index contributed by atoms with van der Waals surface area (Å²) in [5.74, 6) is -0.221. The Labute approximate surface area is 210 Å². The van der Waals surface area contributed by atoms with Crippen molar-refractivity contribution in [2.24, 2.45) is 0 Å². The van der Waals surface area contributed by atoms with Crippen molar-refractivity contribution in [3.63, 3.8) is 0 Å². The van der Waals surface area contributed by atoms with E-state index in [0.717, 1.165) is 55.2 Å². The average Bonchev–Trinajstić information content (AvgIpc) is 3.40. The van der Waals surface area contributed by atoms with Gasteiger partial charge in [-0.25, -0.2) is 0 Å². The Kier molecular flexibility index (Phi) is 7.92. The van der Waals surface area contributed by atoms with E-state index in [9.17, 15) is 8.42 Å². The highest BCUT2D eigenvalue weighted by molar-refractivity contribution is 7.86. The summed E-state index contributed by atoms with van der Waals surface area (Å²) in [6, 6.07) is 15.9. The molecule has 0 radical (unpaired) electrons. The van der Waals surface area contributed by atoms with Crippen molar-refractivity contribution >= 4 is 10.1 Å². The highest BCUT2D eigenvalue weighted by Gasteiger charge is 2.39. The van der Waals surface area contributed by atoms with Crippen LogP contribution >= 0.6 is 0 Å². The summed E-state index contributed by atoms with van der Waals surface area (Å²) in [5.41, 5.74) is 2.98. The summed E-state index contributed by atoms with van der Waals surface area (Å²) in [4.78, 5) is 0.384. The van der Waals surface area contributed by atoms with Gasteiger partial charge < -0.3 is 9.47 Å². The Balaban J connectivity index is 1.38. The third-order valence-corrected chi connectivity index (χ3v) is 9.43. The third-order valence-electron chi connectivity index (χ3n) is 8.07. The average molecular weight is 499 g/mol. The van der Waals surface area contributed by atoms with Crippen LogP contribution in [0.5, 0.6) is 0 Å². The zero-order valence-corrected chi connectivity index (χ0v) is 21.4. The summed E-state index contributed by atoms with van der Waals surface area (Å²) < 4.78 is 44.9. The Morgan fingerprint density at radius 3 is 2.09 bits per heavy atom. The molecule has 2 saturated carbocycles. The summed E-state index contributed by atoms with van der Waals surface area (Å²) in [6.07, 6.45) is 11.9. The zero-order valence-electron chi connectivity index (χ0n) is 20.6.